The summed E-state index contributed by atoms with van der Waals surface area (Å²) in [6, 6.07) is 20.1. The molecule has 0 saturated carbocycles. The SMILES string of the molecule is C=CCO[C@@H]1CC(OCc2ccccc2)[C@@H]2OC(c3ccccc3)OCC2O1. The smallest absolute Gasteiger partial charge is 0.184 e. The zero-order chi connectivity index (χ0) is 19.2. The predicted octanol–water partition coefficient (Wildman–Crippen LogP) is 4.00. The maximum absolute atomic E-state index is 6.28. The number of hydrogen-bond donors (Lipinski definition) is 0. The van der Waals surface area contributed by atoms with Crippen LogP contribution in [0.15, 0.2) is 73.3 Å². The Bertz CT molecular complexity index is 735. The lowest BCUT2D eigenvalue weighted by atomic mass is 9.99. The van der Waals surface area contributed by atoms with Crippen LogP contribution in [0.5, 0.6) is 0 Å². The van der Waals surface area contributed by atoms with Crippen LogP contribution in [0.1, 0.15) is 23.8 Å². The van der Waals surface area contributed by atoms with Gasteiger partial charge in [0.1, 0.15) is 12.2 Å². The van der Waals surface area contributed by atoms with Crippen LogP contribution in [0.3, 0.4) is 0 Å². The van der Waals surface area contributed by atoms with E-state index in [1.165, 1.54) is 0 Å². The van der Waals surface area contributed by atoms with E-state index in [4.69, 9.17) is 23.7 Å². The lowest BCUT2D eigenvalue weighted by Gasteiger charge is -2.45. The quantitative estimate of drug-likeness (QED) is 0.677. The van der Waals surface area contributed by atoms with Gasteiger partial charge in [0.15, 0.2) is 12.6 Å². The minimum Gasteiger partial charge on any atom is -0.371 e. The number of hydrogen-bond acceptors (Lipinski definition) is 5. The van der Waals surface area contributed by atoms with Crippen molar-refractivity contribution < 1.29 is 23.7 Å². The summed E-state index contributed by atoms with van der Waals surface area (Å²) in [7, 11) is 0. The van der Waals surface area contributed by atoms with Crippen LogP contribution in [-0.4, -0.2) is 37.8 Å². The lowest BCUT2D eigenvalue weighted by molar-refractivity contribution is -0.341. The summed E-state index contributed by atoms with van der Waals surface area (Å²) in [4.78, 5) is 0. The van der Waals surface area contributed by atoms with E-state index in [-0.39, 0.29) is 24.6 Å². The first-order chi connectivity index (χ1) is 13.8. The molecule has 0 amide bonds. The molecule has 3 unspecified atom stereocenters. The van der Waals surface area contributed by atoms with Crippen LogP contribution in [0.25, 0.3) is 0 Å². The van der Waals surface area contributed by atoms with Crippen molar-refractivity contribution in [1.29, 1.82) is 0 Å². The number of ether oxygens (including phenoxy) is 5. The Kier molecular flexibility index (Phi) is 6.52. The molecule has 5 atom stereocenters. The third-order valence-corrected chi connectivity index (χ3v) is 4.96. The van der Waals surface area contributed by atoms with Gasteiger partial charge in [-0.1, -0.05) is 66.7 Å². The topological polar surface area (TPSA) is 46.2 Å². The summed E-state index contributed by atoms with van der Waals surface area (Å²) in [6.45, 7) is 5.09. The molecule has 0 radical (unpaired) electrons. The average molecular weight is 382 g/mol. The number of fused-ring (bicyclic) bond motifs is 1. The normalized spacial score (nSPS) is 29.8. The molecular formula is C23H26O5. The third kappa shape index (κ3) is 4.69. The van der Waals surface area contributed by atoms with E-state index >= 15 is 0 Å². The summed E-state index contributed by atoms with van der Waals surface area (Å²) in [5.74, 6) is 0. The molecule has 0 aliphatic carbocycles. The molecule has 2 aromatic carbocycles. The first kappa shape index (κ1) is 19.3. The monoisotopic (exact) mass is 382 g/mol. The van der Waals surface area contributed by atoms with Gasteiger partial charge in [-0.05, 0) is 5.56 Å². The molecule has 5 heteroatoms. The third-order valence-electron chi connectivity index (χ3n) is 4.96. The minimum absolute atomic E-state index is 0.149. The van der Waals surface area contributed by atoms with Gasteiger partial charge in [-0.25, -0.2) is 0 Å². The standard InChI is InChI=1S/C23H26O5/c1-2-13-24-21-14-19(25-15-17-9-5-3-6-10-17)22-20(27-21)16-26-23(28-22)18-11-7-4-8-12-18/h2-12,19-23H,1,13-16H2/t19?,20?,21-,22-,23?/m0/s1. The van der Waals surface area contributed by atoms with Crippen molar-refractivity contribution in [3.63, 3.8) is 0 Å². The molecule has 0 spiro atoms. The molecule has 2 fully saturated rings. The van der Waals surface area contributed by atoms with Crippen molar-refractivity contribution in [2.24, 2.45) is 0 Å². The van der Waals surface area contributed by atoms with E-state index < -0.39 is 6.29 Å². The fourth-order valence-corrected chi connectivity index (χ4v) is 3.57. The Morgan fingerprint density at radius 1 is 0.964 bits per heavy atom. The summed E-state index contributed by atoms with van der Waals surface area (Å²) in [5.41, 5.74) is 2.12. The molecule has 0 bridgehead atoms. The van der Waals surface area contributed by atoms with Gasteiger partial charge >= 0.3 is 0 Å². The summed E-state index contributed by atoms with van der Waals surface area (Å²) in [5, 5.41) is 0. The second kappa shape index (κ2) is 9.45. The maximum Gasteiger partial charge on any atom is 0.184 e. The first-order valence-corrected chi connectivity index (χ1v) is 9.69. The van der Waals surface area contributed by atoms with Crippen molar-refractivity contribution in [3.8, 4) is 0 Å². The second-order valence-corrected chi connectivity index (χ2v) is 6.97. The van der Waals surface area contributed by atoms with Crippen LogP contribution in [0, 0.1) is 0 Å². The van der Waals surface area contributed by atoms with E-state index in [1.807, 2.05) is 48.5 Å². The van der Waals surface area contributed by atoms with Crippen LogP contribution >= 0.6 is 0 Å². The average Bonchev–Trinajstić information content (AvgIpc) is 2.77. The zero-order valence-corrected chi connectivity index (χ0v) is 15.8. The molecule has 4 rings (SSSR count). The van der Waals surface area contributed by atoms with E-state index in [9.17, 15) is 0 Å². The van der Waals surface area contributed by atoms with Crippen molar-refractivity contribution in [2.45, 2.75) is 43.9 Å². The molecule has 2 aromatic rings. The fourth-order valence-electron chi connectivity index (χ4n) is 3.57. The molecular weight excluding hydrogens is 356 g/mol. The molecule has 2 saturated heterocycles. The second-order valence-electron chi connectivity index (χ2n) is 6.97. The van der Waals surface area contributed by atoms with E-state index in [1.54, 1.807) is 6.08 Å². The van der Waals surface area contributed by atoms with E-state index in [0.717, 1.165) is 11.1 Å². The van der Waals surface area contributed by atoms with Gasteiger partial charge in [-0.3, -0.25) is 0 Å². The van der Waals surface area contributed by atoms with Crippen LogP contribution in [0.4, 0.5) is 0 Å². The predicted molar refractivity (Wildman–Crippen MR) is 104 cm³/mol. The van der Waals surface area contributed by atoms with Gasteiger partial charge in [0.25, 0.3) is 0 Å². The molecule has 148 valence electrons. The number of benzene rings is 2. The Labute approximate surface area is 165 Å². The van der Waals surface area contributed by atoms with E-state index in [2.05, 4.69) is 18.7 Å². The summed E-state index contributed by atoms with van der Waals surface area (Å²) in [6.07, 6.45) is 0.942. The molecule has 2 aliphatic heterocycles. The molecule has 28 heavy (non-hydrogen) atoms. The Morgan fingerprint density at radius 2 is 1.71 bits per heavy atom. The van der Waals surface area contributed by atoms with Gasteiger partial charge in [-0.2, -0.15) is 0 Å². The van der Waals surface area contributed by atoms with Crippen LogP contribution in [-0.2, 0) is 30.3 Å². The molecule has 2 heterocycles. The Morgan fingerprint density at radius 3 is 2.46 bits per heavy atom. The maximum atomic E-state index is 6.28. The Balaban J connectivity index is 1.46. The molecule has 0 aromatic heterocycles. The Hall–Kier alpha value is -2.02. The lowest BCUT2D eigenvalue weighted by Crippen LogP contribution is -2.56. The van der Waals surface area contributed by atoms with Gasteiger partial charge in [0.05, 0.1) is 25.9 Å². The van der Waals surface area contributed by atoms with Crippen LogP contribution < -0.4 is 0 Å². The zero-order valence-electron chi connectivity index (χ0n) is 15.8. The van der Waals surface area contributed by atoms with Crippen molar-refractivity contribution in [2.75, 3.05) is 13.2 Å². The van der Waals surface area contributed by atoms with Crippen LogP contribution in [0.2, 0.25) is 0 Å². The van der Waals surface area contributed by atoms with E-state index in [0.29, 0.717) is 26.2 Å². The van der Waals surface area contributed by atoms with Crippen molar-refractivity contribution in [1.82, 2.24) is 0 Å². The van der Waals surface area contributed by atoms with Gasteiger partial charge < -0.3 is 23.7 Å². The van der Waals surface area contributed by atoms with Crippen molar-refractivity contribution in [3.05, 3.63) is 84.4 Å². The molecule has 5 nitrogen and oxygen atoms in total. The first-order valence-electron chi connectivity index (χ1n) is 9.69. The highest BCUT2D eigenvalue weighted by Gasteiger charge is 2.45. The van der Waals surface area contributed by atoms with Crippen molar-refractivity contribution >= 4 is 0 Å². The van der Waals surface area contributed by atoms with Gasteiger partial charge in [0, 0.05) is 12.0 Å². The van der Waals surface area contributed by atoms with Gasteiger partial charge in [-0.15, -0.1) is 6.58 Å². The minimum atomic E-state index is -0.417. The summed E-state index contributed by atoms with van der Waals surface area (Å²) >= 11 is 0. The highest BCUT2D eigenvalue weighted by Crippen LogP contribution is 2.35. The van der Waals surface area contributed by atoms with Gasteiger partial charge in [0.2, 0.25) is 0 Å². The molecule has 0 N–H and O–H groups in total. The highest BCUT2D eigenvalue weighted by molar-refractivity contribution is 5.17. The number of rotatable bonds is 7. The molecule has 2 aliphatic rings. The largest absolute Gasteiger partial charge is 0.371 e. The summed E-state index contributed by atoms with van der Waals surface area (Å²) < 4.78 is 30.3. The fraction of sp³-hybridized carbons (Fsp3) is 0.391. The highest BCUT2D eigenvalue weighted by atomic mass is 16.7.